The Morgan fingerprint density at radius 3 is 2.29 bits per heavy atom. The summed E-state index contributed by atoms with van der Waals surface area (Å²) >= 11 is 2.07. The Morgan fingerprint density at radius 1 is 0.917 bits per heavy atom. The van der Waals surface area contributed by atoms with E-state index < -0.39 is 0 Å². The number of fused-ring (bicyclic) bond motifs is 5. The quantitative estimate of drug-likeness (QED) is 0.315. The minimum atomic E-state index is 0.493. The van der Waals surface area contributed by atoms with Crippen LogP contribution in [0.2, 0.25) is 0 Å². The number of hydrogen-bond acceptors (Lipinski definition) is 8. The zero-order chi connectivity index (χ0) is 17.4. The third kappa shape index (κ3) is 4.21. The Hall–Kier alpha value is 0.410. The van der Waals surface area contributed by atoms with Gasteiger partial charge in [-0.15, -0.1) is 3.28 Å². The van der Waals surface area contributed by atoms with Crippen molar-refractivity contribution in [2.45, 2.75) is 25.7 Å². The number of halogens is 1. The van der Waals surface area contributed by atoms with Crippen LogP contribution in [-0.2, 0) is 9.88 Å². The average molecular weight is 454 g/mol. The summed E-state index contributed by atoms with van der Waals surface area (Å²) in [4.78, 5) is 10.2. The molecule has 2 bridgehead atoms. The predicted molar refractivity (Wildman–Crippen MR) is 97.2 cm³/mol. The van der Waals surface area contributed by atoms with Gasteiger partial charge < -0.3 is 10.4 Å². The molecule has 3 aliphatic carbocycles. The van der Waals surface area contributed by atoms with Crippen LogP contribution in [0.3, 0.4) is 0 Å². The van der Waals surface area contributed by atoms with Crippen LogP contribution in [0, 0.1) is 45.9 Å². The molecule has 3 rings (SSSR count). The molecule has 0 aromatic heterocycles. The first-order valence-electron chi connectivity index (χ1n) is 8.67. The van der Waals surface area contributed by atoms with E-state index in [1.807, 2.05) is 7.05 Å². The average Bonchev–Trinajstić information content (AvgIpc) is 3.09. The molecule has 0 amide bonds. The third-order valence-corrected chi connectivity index (χ3v) is 6.69. The molecule has 0 aliphatic heterocycles. The van der Waals surface area contributed by atoms with Gasteiger partial charge in [0, 0.05) is 34.2 Å². The first-order chi connectivity index (χ1) is 11.3. The zero-order valence-corrected chi connectivity index (χ0v) is 16.7. The highest BCUT2D eigenvalue weighted by Gasteiger charge is 2.57. The highest BCUT2D eigenvalue weighted by atomic mass is 127. The molecule has 6 unspecified atom stereocenters. The molecule has 3 aliphatic rings. The van der Waals surface area contributed by atoms with Crippen molar-refractivity contribution in [2.75, 3.05) is 34.2 Å². The second-order valence-corrected chi connectivity index (χ2v) is 8.66. The van der Waals surface area contributed by atoms with Gasteiger partial charge in [0.2, 0.25) is 0 Å². The minimum Gasteiger partial charge on any atom is -0.761 e. The lowest BCUT2D eigenvalue weighted by Gasteiger charge is -2.38. The molecule has 8 nitrogen and oxygen atoms in total. The van der Waals surface area contributed by atoms with E-state index in [-0.39, 0.29) is 0 Å². The predicted octanol–water partition coefficient (Wildman–Crippen LogP) is 2.42. The Balaban J connectivity index is 1.57. The van der Waals surface area contributed by atoms with Crippen LogP contribution < -0.4 is 0 Å². The molecule has 0 aromatic carbocycles. The maximum Gasteiger partial charge on any atom is 0.0516 e. The third-order valence-electron chi connectivity index (χ3n) is 6.12. The second kappa shape index (κ2) is 7.97. The topological polar surface area (TPSA) is 77.5 Å². The second-order valence-electron chi connectivity index (χ2n) is 7.59. The van der Waals surface area contributed by atoms with Crippen molar-refractivity contribution in [3.63, 3.8) is 0 Å². The van der Waals surface area contributed by atoms with Gasteiger partial charge in [0.25, 0.3) is 0 Å². The molecule has 0 saturated heterocycles. The molecular weight excluding hydrogens is 427 g/mol. The highest BCUT2D eigenvalue weighted by Crippen LogP contribution is 2.62. The van der Waals surface area contributed by atoms with Crippen molar-refractivity contribution >= 4 is 22.9 Å². The van der Waals surface area contributed by atoms with Crippen LogP contribution in [0.1, 0.15) is 25.7 Å². The fraction of sp³-hybridized carbons (Fsp3) is 1.00. The molecule has 3 fully saturated rings. The van der Waals surface area contributed by atoms with Gasteiger partial charge >= 0.3 is 0 Å². The molecule has 0 spiro atoms. The van der Waals surface area contributed by atoms with Crippen molar-refractivity contribution < 1.29 is 9.88 Å². The fourth-order valence-corrected chi connectivity index (χ4v) is 6.46. The first-order valence-corrected chi connectivity index (χ1v) is 9.64. The largest absolute Gasteiger partial charge is 0.761 e. The van der Waals surface area contributed by atoms with E-state index in [2.05, 4.69) is 22.9 Å². The van der Waals surface area contributed by atoms with Crippen molar-refractivity contribution in [3.8, 4) is 0 Å². The van der Waals surface area contributed by atoms with Crippen LogP contribution in [0.25, 0.3) is 0 Å². The van der Waals surface area contributed by atoms with E-state index in [0.29, 0.717) is 34.1 Å². The summed E-state index contributed by atoms with van der Waals surface area (Å²) in [5.74, 6) is 4.24. The summed E-state index contributed by atoms with van der Waals surface area (Å²) in [5.41, 5.74) is 0. The van der Waals surface area contributed by atoms with Crippen LogP contribution in [0.15, 0.2) is 0 Å². The van der Waals surface area contributed by atoms with E-state index in [0.717, 1.165) is 24.9 Å². The first kappa shape index (κ1) is 19.2. The van der Waals surface area contributed by atoms with Crippen molar-refractivity contribution in [1.82, 2.24) is 18.8 Å². The van der Waals surface area contributed by atoms with Gasteiger partial charge in [-0.1, -0.05) is 0 Å². The summed E-state index contributed by atoms with van der Waals surface area (Å²) in [6, 6.07) is 0. The monoisotopic (exact) mass is 454 g/mol. The number of rotatable bonds is 8. The van der Waals surface area contributed by atoms with Crippen molar-refractivity contribution in [2.24, 2.45) is 35.5 Å². The smallest absolute Gasteiger partial charge is 0.0516 e. The highest BCUT2D eigenvalue weighted by molar-refractivity contribution is 14.1. The SMILES string of the molecule is CN([O-])ON(C)CC1CCC2C3CC(CN(I)ON(C)[O-])C(C3)C12. The van der Waals surface area contributed by atoms with Gasteiger partial charge in [-0.05, 0) is 61.2 Å². The summed E-state index contributed by atoms with van der Waals surface area (Å²) < 4.78 is 1.64. The molecule has 6 atom stereocenters. The van der Waals surface area contributed by atoms with Gasteiger partial charge in [0.05, 0.1) is 22.9 Å². The van der Waals surface area contributed by atoms with E-state index in [9.17, 15) is 10.4 Å². The number of hydroxylamine groups is 7. The van der Waals surface area contributed by atoms with Crippen LogP contribution >= 0.6 is 22.9 Å². The van der Waals surface area contributed by atoms with Gasteiger partial charge in [-0.25, -0.2) is 20.3 Å². The van der Waals surface area contributed by atoms with Crippen LogP contribution in [-0.4, -0.2) is 53.0 Å². The molecule has 140 valence electrons. The Bertz CT molecular complexity index is 430. The lowest BCUT2D eigenvalue weighted by molar-refractivity contribution is -0.287. The molecule has 0 radical (unpaired) electrons. The lowest BCUT2D eigenvalue weighted by Crippen LogP contribution is -2.38. The van der Waals surface area contributed by atoms with Gasteiger partial charge in [0.15, 0.2) is 0 Å². The maximum absolute atomic E-state index is 11.0. The van der Waals surface area contributed by atoms with Gasteiger partial charge in [-0.3, -0.25) is 0 Å². The molecule has 0 aromatic rings. The Labute approximate surface area is 157 Å². The van der Waals surface area contributed by atoms with Gasteiger partial charge in [0.1, 0.15) is 0 Å². The number of nitrogens with zero attached hydrogens (tertiary/aromatic N) is 4. The van der Waals surface area contributed by atoms with Crippen LogP contribution in [0.4, 0.5) is 0 Å². The summed E-state index contributed by atoms with van der Waals surface area (Å²) in [6.07, 6.45) is 5.08. The standard InChI is InChI=1S/C15H27IN4O4/c1-17(23-18(2)21)8-10-4-5-13-11-6-12(14(7-11)15(10)13)9-20(16)24-19(3)22/h10-15H,4-9H2,1-3H3/q-2. The van der Waals surface area contributed by atoms with E-state index in [1.165, 1.54) is 39.8 Å². The normalized spacial score (nSPS) is 38.2. The molecular formula is C15H27IN4O4-2. The van der Waals surface area contributed by atoms with Gasteiger partial charge in [-0.2, -0.15) is 5.06 Å². The van der Waals surface area contributed by atoms with E-state index in [4.69, 9.17) is 9.88 Å². The number of hydrogen-bond donors (Lipinski definition) is 0. The van der Waals surface area contributed by atoms with Crippen molar-refractivity contribution in [1.29, 1.82) is 0 Å². The maximum atomic E-state index is 11.0. The summed E-state index contributed by atoms with van der Waals surface area (Å²) in [7, 11) is 4.55. The minimum absolute atomic E-state index is 0.493. The summed E-state index contributed by atoms with van der Waals surface area (Å²) in [6.45, 7) is 1.59. The lowest BCUT2D eigenvalue weighted by atomic mass is 9.72. The van der Waals surface area contributed by atoms with E-state index >= 15 is 0 Å². The summed E-state index contributed by atoms with van der Waals surface area (Å²) in [5, 5.41) is 24.7. The van der Waals surface area contributed by atoms with Crippen LogP contribution in [0.5, 0.6) is 0 Å². The zero-order valence-electron chi connectivity index (χ0n) is 14.5. The molecule has 0 heterocycles. The Morgan fingerprint density at radius 2 is 1.62 bits per heavy atom. The molecule has 0 N–H and O–H groups in total. The fourth-order valence-electron chi connectivity index (χ4n) is 5.71. The molecule has 24 heavy (non-hydrogen) atoms. The molecule has 9 heteroatoms. The molecule has 3 saturated carbocycles. The van der Waals surface area contributed by atoms with Crippen molar-refractivity contribution in [3.05, 3.63) is 10.4 Å². The van der Waals surface area contributed by atoms with E-state index in [1.54, 1.807) is 8.34 Å². The Kier molecular flexibility index (Phi) is 6.37.